The number of amides is 2. The second-order valence-electron chi connectivity index (χ2n) is 6.00. The predicted octanol–water partition coefficient (Wildman–Crippen LogP) is 3.15. The number of aromatic amines is 1. The molecule has 0 fully saturated rings. The molecule has 2 aromatic carbocycles. The van der Waals surface area contributed by atoms with Gasteiger partial charge in [-0.1, -0.05) is 29.3 Å². The highest BCUT2D eigenvalue weighted by Crippen LogP contribution is 2.26. The minimum absolute atomic E-state index is 0.184. The molecule has 0 bridgehead atoms. The van der Waals surface area contributed by atoms with E-state index in [0.717, 1.165) is 22.0 Å². The lowest BCUT2D eigenvalue weighted by Crippen LogP contribution is -2.32. The lowest BCUT2D eigenvalue weighted by Gasteiger charge is -2.11. The van der Waals surface area contributed by atoms with Crippen LogP contribution < -0.4 is 0 Å². The van der Waals surface area contributed by atoms with Gasteiger partial charge in [0.05, 0.1) is 11.1 Å². The fourth-order valence-electron chi connectivity index (χ4n) is 2.99. The fraction of sp³-hybridized carbons (Fsp3) is 0.105. The first-order valence-corrected chi connectivity index (χ1v) is 7.76. The van der Waals surface area contributed by atoms with Gasteiger partial charge >= 0.3 is 5.97 Å². The van der Waals surface area contributed by atoms with Gasteiger partial charge in [-0.15, -0.1) is 0 Å². The molecule has 6 nitrogen and oxygen atoms in total. The van der Waals surface area contributed by atoms with E-state index < -0.39 is 17.8 Å². The number of carbonyl (C=O) groups is 3. The second kappa shape index (κ2) is 5.31. The highest BCUT2D eigenvalue weighted by molar-refractivity contribution is 6.21. The van der Waals surface area contributed by atoms with Gasteiger partial charge in [-0.25, -0.2) is 4.79 Å². The number of nitrogens with one attached hydrogen (secondary N) is 1. The van der Waals surface area contributed by atoms with Crippen LogP contribution in [0.15, 0.2) is 42.5 Å². The normalized spacial score (nSPS) is 13.4. The number of H-pyrrole nitrogens is 1. The molecule has 2 amide bonds. The van der Waals surface area contributed by atoms with E-state index in [1.54, 1.807) is 18.2 Å². The average molecular weight is 334 g/mol. The predicted molar refractivity (Wildman–Crippen MR) is 90.1 cm³/mol. The Bertz CT molecular complexity index is 990. The van der Waals surface area contributed by atoms with Gasteiger partial charge < -0.3 is 9.82 Å². The molecular weight excluding hydrogens is 320 g/mol. The van der Waals surface area contributed by atoms with Gasteiger partial charge in [0.25, 0.3) is 11.8 Å². The number of benzene rings is 2. The molecule has 0 saturated carbocycles. The van der Waals surface area contributed by atoms with E-state index in [1.165, 1.54) is 12.1 Å². The average Bonchev–Trinajstić information content (AvgIpc) is 3.16. The molecule has 0 unspecified atom stereocenters. The molecule has 0 spiro atoms. The zero-order valence-electron chi connectivity index (χ0n) is 13.6. The van der Waals surface area contributed by atoms with Crippen LogP contribution in [-0.2, 0) is 4.84 Å². The van der Waals surface area contributed by atoms with Gasteiger partial charge in [-0.2, -0.15) is 0 Å². The van der Waals surface area contributed by atoms with Crippen LogP contribution in [0.25, 0.3) is 10.9 Å². The van der Waals surface area contributed by atoms with E-state index in [0.29, 0.717) is 5.06 Å². The van der Waals surface area contributed by atoms with Gasteiger partial charge in [0.15, 0.2) is 0 Å². The molecule has 3 aromatic rings. The summed E-state index contributed by atoms with van der Waals surface area (Å²) in [6.45, 7) is 3.87. The number of hydrogen-bond acceptors (Lipinski definition) is 4. The summed E-state index contributed by atoms with van der Waals surface area (Å²) in [5.74, 6) is -2.07. The van der Waals surface area contributed by atoms with Crippen molar-refractivity contribution in [2.24, 2.45) is 0 Å². The molecule has 0 aliphatic carbocycles. The molecule has 124 valence electrons. The Morgan fingerprint density at radius 1 is 0.960 bits per heavy atom. The van der Waals surface area contributed by atoms with E-state index in [-0.39, 0.29) is 16.8 Å². The SMILES string of the molecule is Cc1ccc(C)c2[nH]c(C(=O)ON3C(=O)c4ccccc4C3=O)cc12. The second-order valence-corrected chi connectivity index (χ2v) is 6.00. The first-order valence-electron chi connectivity index (χ1n) is 7.76. The van der Waals surface area contributed by atoms with Gasteiger partial charge in [0.1, 0.15) is 5.69 Å². The highest BCUT2D eigenvalue weighted by atomic mass is 16.7. The maximum absolute atomic E-state index is 12.4. The van der Waals surface area contributed by atoms with Crippen molar-refractivity contribution >= 4 is 28.7 Å². The number of fused-ring (bicyclic) bond motifs is 2. The van der Waals surface area contributed by atoms with Crippen LogP contribution in [0.5, 0.6) is 0 Å². The van der Waals surface area contributed by atoms with E-state index in [1.807, 2.05) is 26.0 Å². The summed E-state index contributed by atoms with van der Waals surface area (Å²) < 4.78 is 0. The van der Waals surface area contributed by atoms with Crippen molar-refractivity contribution in [2.45, 2.75) is 13.8 Å². The lowest BCUT2D eigenvalue weighted by atomic mass is 10.1. The Balaban J connectivity index is 1.66. The summed E-state index contributed by atoms with van der Waals surface area (Å²) >= 11 is 0. The van der Waals surface area contributed by atoms with E-state index in [9.17, 15) is 14.4 Å². The summed E-state index contributed by atoms with van der Waals surface area (Å²) in [4.78, 5) is 45.1. The Morgan fingerprint density at radius 3 is 2.16 bits per heavy atom. The molecule has 2 heterocycles. The van der Waals surface area contributed by atoms with Crippen molar-refractivity contribution in [2.75, 3.05) is 0 Å². The number of nitrogens with zero attached hydrogens (tertiary/aromatic N) is 1. The standard InChI is InChI=1S/C19H14N2O4/c1-10-7-8-11(2)16-14(10)9-15(20-16)19(24)25-21-17(22)12-5-3-4-6-13(12)18(21)23/h3-9,20H,1-2H3. The Kier molecular flexibility index (Phi) is 3.21. The van der Waals surface area contributed by atoms with Gasteiger partial charge in [0, 0.05) is 10.9 Å². The Morgan fingerprint density at radius 2 is 1.56 bits per heavy atom. The zero-order chi connectivity index (χ0) is 17.7. The molecule has 0 saturated heterocycles. The molecule has 1 aliphatic heterocycles. The van der Waals surface area contributed by atoms with Crippen molar-refractivity contribution in [3.05, 3.63) is 70.4 Å². The van der Waals surface area contributed by atoms with Crippen molar-refractivity contribution in [3.63, 3.8) is 0 Å². The highest BCUT2D eigenvalue weighted by Gasteiger charge is 2.39. The molecule has 4 rings (SSSR count). The minimum Gasteiger partial charge on any atom is -0.349 e. The lowest BCUT2D eigenvalue weighted by molar-refractivity contribution is -0.0587. The smallest absolute Gasteiger partial charge is 0.349 e. The van der Waals surface area contributed by atoms with Crippen LogP contribution in [0.1, 0.15) is 42.3 Å². The summed E-state index contributed by atoms with van der Waals surface area (Å²) in [6.07, 6.45) is 0. The van der Waals surface area contributed by atoms with Crippen LogP contribution >= 0.6 is 0 Å². The summed E-state index contributed by atoms with van der Waals surface area (Å²) in [5.41, 5.74) is 3.46. The van der Waals surface area contributed by atoms with Crippen molar-refractivity contribution in [1.82, 2.24) is 10.0 Å². The fourth-order valence-corrected chi connectivity index (χ4v) is 2.99. The third-order valence-electron chi connectivity index (χ3n) is 4.37. The molecule has 0 radical (unpaired) electrons. The van der Waals surface area contributed by atoms with Crippen molar-refractivity contribution in [1.29, 1.82) is 0 Å². The van der Waals surface area contributed by atoms with Crippen LogP contribution in [0.3, 0.4) is 0 Å². The molecule has 0 atom stereocenters. The summed E-state index contributed by atoms with van der Waals surface area (Å²) in [5, 5.41) is 1.41. The van der Waals surface area contributed by atoms with E-state index in [2.05, 4.69) is 4.98 Å². The number of aromatic nitrogens is 1. The first kappa shape index (κ1) is 15.1. The Hall–Kier alpha value is -3.41. The van der Waals surface area contributed by atoms with Crippen LogP contribution in [-0.4, -0.2) is 27.8 Å². The largest absolute Gasteiger partial charge is 0.380 e. The number of hydrogen-bond donors (Lipinski definition) is 1. The number of hydroxylamine groups is 2. The van der Waals surface area contributed by atoms with Crippen LogP contribution in [0, 0.1) is 13.8 Å². The minimum atomic E-state index is -0.787. The number of imide groups is 1. The maximum atomic E-state index is 12.4. The van der Waals surface area contributed by atoms with Crippen molar-refractivity contribution in [3.8, 4) is 0 Å². The third kappa shape index (κ3) is 2.22. The van der Waals surface area contributed by atoms with Crippen LogP contribution in [0.4, 0.5) is 0 Å². The van der Waals surface area contributed by atoms with Gasteiger partial charge in [-0.3, -0.25) is 9.59 Å². The number of aryl methyl sites for hydroxylation is 2. The summed E-state index contributed by atoms with van der Waals surface area (Å²) in [6, 6.07) is 11.9. The molecular formula is C19H14N2O4. The van der Waals surface area contributed by atoms with Gasteiger partial charge in [0.2, 0.25) is 0 Å². The molecule has 25 heavy (non-hydrogen) atoms. The Labute approximate surface area is 143 Å². The maximum Gasteiger partial charge on any atom is 0.380 e. The zero-order valence-corrected chi connectivity index (χ0v) is 13.6. The molecule has 1 aliphatic rings. The van der Waals surface area contributed by atoms with Gasteiger partial charge in [-0.05, 0) is 43.2 Å². The van der Waals surface area contributed by atoms with Crippen LogP contribution in [0.2, 0.25) is 0 Å². The molecule has 1 N–H and O–H groups in total. The van der Waals surface area contributed by atoms with E-state index >= 15 is 0 Å². The first-order chi connectivity index (χ1) is 12.0. The summed E-state index contributed by atoms with van der Waals surface area (Å²) in [7, 11) is 0. The number of carbonyl (C=O) groups excluding carboxylic acids is 3. The number of rotatable bonds is 2. The van der Waals surface area contributed by atoms with E-state index in [4.69, 9.17) is 4.84 Å². The quantitative estimate of drug-likeness (QED) is 0.730. The third-order valence-corrected chi connectivity index (χ3v) is 4.37. The monoisotopic (exact) mass is 334 g/mol. The van der Waals surface area contributed by atoms with Crippen molar-refractivity contribution < 1.29 is 19.2 Å². The molecule has 1 aromatic heterocycles. The molecule has 6 heteroatoms. The topological polar surface area (TPSA) is 79.5 Å².